The third-order valence-electron chi connectivity index (χ3n) is 3.51. The Hall–Kier alpha value is -2.17. The van der Waals surface area contributed by atoms with Crippen molar-refractivity contribution in [2.45, 2.75) is 26.3 Å². The number of hydrogen-bond acceptors (Lipinski definition) is 4. The Morgan fingerprint density at radius 2 is 2.00 bits per heavy atom. The zero-order chi connectivity index (χ0) is 14.8. The summed E-state index contributed by atoms with van der Waals surface area (Å²) in [5.41, 5.74) is 3.39. The van der Waals surface area contributed by atoms with Crippen molar-refractivity contribution in [2.75, 3.05) is 18.5 Å². The van der Waals surface area contributed by atoms with Crippen LogP contribution < -0.4 is 14.8 Å². The number of nitrogens with zero attached hydrogens (tertiary/aromatic N) is 2. The number of aryl methyl sites for hydroxylation is 1. The van der Waals surface area contributed by atoms with Gasteiger partial charge in [0.2, 0.25) is 0 Å². The van der Waals surface area contributed by atoms with Gasteiger partial charge in [0, 0.05) is 37.1 Å². The number of anilines is 1. The van der Waals surface area contributed by atoms with Crippen LogP contribution in [0.25, 0.3) is 0 Å². The fraction of sp³-hybridized carbons (Fsp3) is 0.438. The van der Waals surface area contributed by atoms with E-state index in [2.05, 4.69) is 30.5 Å². The predicted molar refractivity (Wildman–Crippen MR) is 82.1 cm³/mol. The van der Waals surface area contributed by atoms with Crippen molar-refractivity contribution in [2.24, 2.45) is 7.05 Å². The molecule has 0 aliphatic carbocycles. The quantitative estimate of drug-likeness (QED) is 0.939. The second-order valence-corrected chi connectivity index (χ2v) is 5.58. The minimum atomic E-state index is 0.420. The average molecular weight is 287 g/mol. The average Bonchev–Trinajstić information content (AvgIpc) is 2.86. The predicted octanol–water partition coefficient (Wildman–Crippen LogP) is 2.93. The molecule has 0 unspecified atom stereocenters. The van der Waals surface area contributed by atoms with Gasteiger partial charge in [-0.05, 0) is 18.1 Å². The minimum Gasteiger partial charge on any atom is -0.486 e. The molecule has 0 spiro atoms. The SMILES string of the molecule is CC(C)c1nn(C)cc1CNc1ccc2c(c1)OCCO2. The van der Waals surface area contributed by atoms with E-state index in [4.69, 9.17) is 9.47 Å². The van der Waals surface area contributed by atoms with Crippen molar-refractivity contribution in [1.82, 2.24) is 9.78 Å². The molecule has 0 bridgehead atoms. The fourth-order valence-electron chi connectivity index (χ4n) is 2.53. The van der Waals surface area contributed by atoms with Crippen molar-refractivity contribution >= 4 is 5.69 Å². The highest BCUT2D eigenvalue weighted by molar-refractivity contribution is 5.55. The van der Waals surface area contributed by atoms with Crippen LogP contribution in [0.15, 0.2) is 24.4 Å². The van der Waals surface area contributed by atoms with Gasteiger partial charge in [-0.25, -0.2) is 0 Å². The molecule has 0 saturated carbocycles. The number of rotatable bonds is 4. The number of fused-ring (bicyclic) bond motifs is 1. The van der Waals surface area contributed by atoms with Gasteiger partial charge in [-0.2, -0.15) is 5.10 Å². The Morgan fingerprint density at radius 3 is 2.76 bits per heavy atom. The second-order valence-electron chi connectivity index (χ2n) is 5.58. The maximum Gasteiger partial charge on any atom is 0.163 e. The lowest BCUT2D eigenvalue weighted by molar-refractivity contribution is 0.171. The van der Waals surface area contributed by atoms with Gasteiger partial charge < -0.3 is 14.8 Å². The van der Waals surface area contributed by atoms with Gasteiger partial charge >= 0.3 is 0 Å². The zero-order valence-corrected chi connectivity index (χ0v) is 12.7. The molecule has 21 heavy (non-hydrogen) atoms. The van der Waals surface area contributed by atoms with E-state index in [1.807, 2.05) is 29.9 Å². The summed E-state index contributed by atoms with van der Waals surface area (Å²) in [4.78, 5) is 0. The lowest BCUT2D eigenvalue weighted by atomic mass is 10.1. The number of nitrogens with one attached hydrogen (secondary N) is 1. The van der Waals surface area contributed by atoms with Gasteiger partial charge in [-0.1, -0.05) is 13.8 Å². The summed E-state index contributed by atoms with van der Waals surface area (Å²) in [5, 5.41) is 7.96. The molecule has 2 aromatic rings. The Labute approximate surface area is 124 Å². The van der Waals surface area contributed by atoms with Crippen LogP contribution in [0.3, 0.4) is 0 Å². The number of benzene rings is 1. The van der Waals surface area contributed by atoms with Crippen LogP contribution in [0.5, 0.6) is 11.5 Å². The first kappa shape index (κ1) is 13.8. The third-order valence-corrected chi connectivity index (χ3v) is 3.51. The highest BCUT2D eigenvalue weighted by Gasteiger charge is 2.13. The van der Waals surface area contributed by atoms with Gasteiger partial charge in [0.15, 0.2) is 11.5 Å². The summed E-state index contributed by atoms with van der Waals surface area (Å²) < 4.78 is 13.0. The van der Waals surface area contributed by atoms with Gasteiger partial charge in [0.05, 0.1) is 5.69 Å². The monoisotopic (exact) mass is 287 g/mol. The standard InChI is InChI=1S/C16H21N3O2/c1-11(2)16-12(10-19(3)18-16)9-17-13-4-5-14-15(8-13)21-7-6-20-14/h4-5,8,10-11,17H,6-7,9H2,1-3H3. The first-order valence-electron chi connectivity index (χ1n) is 7.29. The Kier molecular flexibility index (Phi) is 3.73. The molecule has 1 aliphatic rings. The third kappa shape index (κ3) is 2.96. The van der Waals surface area contributed by atoms with Crippen molar-refractivity contribution < 1.29 is 9.47 Å². The molecule has 112 valence electrons. The summed E-state index contributed by atoms with van der Waals surface area (Å²) in [7, 11) is 1.96. The molecule has 0 atom stereocenters. The minimum absolute atomic E-state index is 0.420. The molecule has 0 amide bonds. The summed E-state index contributed by atoms with van der Waals surface area (Å²) in [6.07, 6.45) is 2.07. The molecule has 0 saturated heterocycles. The van der Waals surface area contributed by atoms with Crippen LogP contribution in [-0.4, -0.2) is 23.0 Å². The summed E-state index contributed by atoms with van der Waals surface area (Å²) >= 11 is 0. The summed E-state index contributed by atoms with van der Waals surface area (Å²) in [6.45, 7) is 6.30. The van der Waals surface area contributed by atoms with E-state index in [1.54, 1.807) is 0 Å². The molecule has 2 heterocycles. The van der Waals surface area contributed by atoms with E-state index in [9.17, 15) is 0 Å². The lowest BCUT2D eigenvalue weighted by Crippen LogP contribution is -2.15. The smallest absolute Gasteiger partial charge is 0.163 e. The number of aromatic nitrogens is 2. The Balaban J connectivity index is 1.73. The maximum atomic E-state index is 5.60. The highest BCUT2D eigenvalue weighted by Crippen LogP contribution is 2.32. The number of hydrogen-bond donors (Lipinski definition) is 1. The van der Waals surface area contributed by atoms with Gasteiger partial charge in [-0.15, -0.1) is 0 Å². The van der Waals surface area contributed by atoms with Gasteiger partial charge in [-0.3, -0.25) is 4.68 Å². The van der Waals surface area contributed by atoms with Crippen LogP contribution >= 0.6 is 0 Å². The van der Waals surface area contributed by atoms with E-state index < -0.39 is 0 Å². The van der Waals surface area contributed by atoms with Crippen molar-refractivity contribution in [1.29, 1.82) is 0 Å². The second kappa shape index (κ2) is 5.68. The topological polar surface area (TPSA) is 48.3 Å². The molecule has 0 fully saturated rings. The first-order valence-corrected chi connectivity index (χ1v) is 7.29. The Bertz CT molecular complexity index is 634. The van der Waals surface area contributed by atoms with E-state index in [0.29, 0.717) is 19.1 Å². The van der Waals surface area contributed by atoms with Crippen LogP contribution in [0.1, 0.15) is 31.0 Å². The molecular formula is C16H21N3O2. The van der Waals surface area contributed by atoms with E-state index in [0.717, 1.165) is 29.4 Å². The zero-order valence-electron chi connectivity index (χ0n) is 12.7. The van der Waals surface area contributed by atoms with Crippen LogP contribution in [-0.2, 0) is 13.6 Å². The van der Waals surface area contributed by atoms with Crippen LogP contribution in [0, 0.1) is 0 Å². The van der Waals surface area contributed by atoms with E-state index in [1.165, 1.54) is 5.56 Å². The molecule has 1 N–H and O–H groups in total. The van der Waals surface area contributed by atoms with Crippen LogP contribution in [0.2, 0.25) is 0 Å². The molecule has 1 aromatic carbocycles. The Morgan fingerprint density at radius 1 is 1.24 bits per heavy atom. The van der Waals surface area contributed by atoms with E-state index in [-0.39, 0.29) is 0 Å². The molecule has 1 aliphatic heterocycles. The molecule has 5 nitrogen and oxygen atoms in total. The largest absolute Gasteiger partial charge is 0.486 e. The lowest BCUT2D eigenvalue weighted by Gasteiger charge is -2.19. The molecule has 1 aromatic heterocycles. The van der Waals surface area contributed by atoms with Gasteiger partial charge in [0.25, 0.3) is 0 Å². The summed E-state index contributed by atoms with van der Waals surface area (Å²) in [5.74, 6) is 2.04. The summed E-state index contributed by atoms with van der Waals surface area (Å²) in [6, 6.07) is 5.95. The normalized spacial score (nSPS) is 13.5. The molecule has 5 heteroatoms. The fourth-order valence-corrected chi connectivity index (χ4v) is 2.53. The highest BCUT2D eigenvalue weighted by atomic mass is 16.6. The van der Waals surface area contributed by atoms with Gasteiger partial charge in [0.1, 0.15) is 13.2 Å². The number of ether oxygens (including phenoxy) is 2. The van der Waals surface area contributed by atoms with Crippen molar-refractivity contribution in [3.8, 4) is 11.5 Å². The molecule has 0 radical (unpaired) electrons. The van der Waals surface area contributed by atoms with Crippen molar-refractivity contribution in [3.05, 3.63) is 35.7 Å². The molecule has 3 rings (SSSR count). The van der Waals surface area contributed by atoms with Crippen molar-refractivity contribution in [3.63, 3.8) is 0 Å². The van der Waals surface area contributed by atoms with Crippen LogP contribution in [0.4, 0.5) is 5.69 Å². The maximum absolute atomic E-state index is 5.60. The van der Waals surface area contributed by atoms with E-state index >= 15 is 0 Å². The first-order chi connectivity index (χ1) is 10.1. The molecular weight excluding hydrogens is 266 g/mol.